The molecule has 1 amide bonds. The normalized spacial score (nSPS) is 20.7. The highest BCUT2D eigenvalue weighted by molar-refractivity contribution is 5.76. The number of hydrogen-bond acceptors (Lipinski definition) is 5. The van der Waals surface area contributed by atoms with Gasteiger partial charge in [-0.3, -0.25) is 14.2 Å². The largest absolute Gasteiger partial charge is 0.379 e. The number of nitrogens with zero attached hydrogens (tertiary/aromatic N) is 6. The van der Waals surface area contributed by atoms with Crippen LogP contribution in [0.5, 0.6) is 0 Å². The fourth-order valence-electron chi connectivity index (χ4n) is 6.49. The Balaban J connectivity index is 1.36. The fourth-order valence-corrected chi connectivity index (χ4v) is 6.49. The van der Waals surface area contributed by atoms with E-state index < -0.39 is 0 Å². The first-order valence-electron chi connectivity index (χ1n) is 13.9. The Hall–Kier alpha value is -3.91. The molecule has 0 aliphatic carbocycles. The van der Waals surface area contributed by atoms with Gasteiger partial charge in [-0.25, -0.2) is 0 Å². The molecule has 1 unspecified atom stereocenters. The number of benzene rings is 2. The second-order valence-electron chi connectivity index (χ2n) is 11.1. The van der Waals surface area contributed by atoms with Gasteiger partial charge in [-0.15, -0.1) is 0 Å². The minimum atomic E-state index is 0.117. The summed E-state index contributed by atoms with van der Waals surface area (Å²) < 4.78 is 9.83. The minimum absolute atomic E-state index is 0.117. The predicted molar refractivity (Wildman–Crippen MR) is 150 cm³/mol. The summed E-state index contributed by atoms with van der Waals surface area (Å²) in [6.45, 7) is 5.31. The van der Waals surface area contributed by atoms with Crippen LogP contribution in [-0.4, -0.2) is 56.7 Å². The number of carbonyl (C=O) groups is 1. The van der Waals surface area contributed by atoms with E-state index in [-0.39, 0.29) is 11.9 Å². The maximum absolute atomic E-state index is 12.4. The van der Waals surface area contributed by atoms with Gasteiger partial charge in [-0.2, -0.15) is 10.2 Å². The molecular weight excluding hydrogens is 488 g/mol. The number of amides is 1. The molecule has 2 atom stereocenters. The number of anilines is 2. The van der Waals surface area contributed by atoms with Crippen LogP contribution in [0.25, 0.3) is 11.1 Å². The molecule has 0 N–H and O–H groups in total. The smallest absolute Gasteiger partial charge is 0.219 e. The van der Waals surface area contributed by atoms with E-state index in [1.807, 2.05) is 22.8 Å². The van der Waals surface area contributed by atoms with Gasteiger partial charge in [0.05, 0.1) is 25.4 Å². The molecule has 2 aromatic carbocycles. The van der Waals surface area contributed by atoms with Crippen molar-refractivity contribution in [2.24, 2.45) is 7.05 Å². The number of fused-ring (bicyclic) bond motifs is 2. The number of aromatic nitrogens is 4. The number of aryl methyl sites for hydroxylation is 1. The first-order chi connectivity index (χ1) is 19.0. The molecule has 0 spiro atoms. The van der Waals surface area contributed by atoms with E-state index in [1.54, 1.807) is 6.92 Å². The van der Waals surface area contributed by atoms with Gasteiger partial charge >= 0.3 is 0 Å². The van der Waals surface area contributed by atoms with E-state index >= 15 is 0 Å². The Morgan fingerprint density at radius 3 is 2.72 bits per heavy atom. The Labute approximate surface area is 228 Å². The third-order valence-corrected chi connectivity index (χ3v) is 8.57. The van der Waals surface area contributed by atoms with Crippen molar-refractivity contribution in [3.63, 3.8) is 0 Å². The highest BCUT2D eigenvalue weighted by Gasteiger charge is 2.35. The lowest BCUT2D eigenvalue weighted by atomic mass is 9.86. The fraction of sp³-hybridized carbons (Fsp3) is 0.387. The summed E-state index contributed by atoms with van der Waals surface area (Å²) in [5.74, 6) is 1.43. The van der Waals surface area contributed by atoms with E-state index in [9.17, 15) is 4.79 Å². The van der Waals surface area contributed by atoms with Crippen LogP contribution in [0.3, 0.4) is 0 Å². The zero-order chi connectivity index (χ0) is 26.5. The topological polar surface area (TPSA) is 68.4 Å². The van der Waals surface area contributed by atoms with Crippen molar-refractivity contribution in [2.75, 3.05) is 31.2 Å². The molecular formula is C31H34N6O2. The van der Waals surface area contributed by atoms with Crippen LogP contribution in [0.1, 0.15) is 47.7 Å². The van der Waals surface area contributed by atoms with Gasteiger partial charge < -0.3 is 14.5 Å². The maximum atomic E-state index is 12.4. The van der Waals surface area contributed by atoms with Crippen molar-refractivity contribution < 1.29 is 9.53 Å². The van der Waals surface area contributed by atoms with Crippen LogP contribution < -0.4 is 4.90 Å². The van der Waals surface area contributed by atoms with Gasteiger partial charge in [0, 0.05) is 74.7 Å². The third kappa shape index (κ3) is 4.33. The van der Waals surface area contributed by atoms with Crippen molar-refractivity contribution in [1.29, 1.82) is 0 Å². The molecule has 4 aromatic rings. The molecule has 2 aromatic heterocycles. The molecule has 1 fully saturated rings. The standard InChI is InChI=1S/C31H34N6O2/c1-21(38)35-12-10-30-28(19-35)31(33-37(30)27-11-13-39-20-27)36-18-25(22-6-4-3-5-7-22)15-24-14-23(8-9-29(24)36)26-16-32-34(2)17-26/h3-9,14,16-17,25,27H,10-13,15,18-20H2,1-2H3/t25?,27-/m1/s1. The number of ether oxygens (including phenoxy) is 1. The van der Waals surface area contributed by atoms with Crippen LogP contribution in [0.4, 0.5) is 11.5 Å². The van der Waals surface area contributed by atoms with Crippen molar-refractivity contribution in [2.45, 2.75) is 44.7 Å². The molecule has 5 heterocycles. The maximum Gasteiger partial charge on any atom is 0.219 e. The summed E-state index contributed by atoms with van der Waals surface area (Å²) in [6.07, 6.45) is 6.75. The molecule has 39 heavy (non-hydrogen) atoms. The van der Waals surface area contributed by atoms with Crippen molar-refractivity contribution in [1.82, 2.24) is 24.5 Å². The van der Waals surface area contributed by atoms with Gasteiger partial charge in [-0.05, 0) is 41.7 Å². The van der Waals surface area contributed by atoms with Crippen LogP contribution in [0.2, 0.25) is 0 Å². The van der Waals surface area contributed by atoms with Gasteiger partial charge in [0.25, 0.3) is 0 Å². The van der Waals surface area contributed by atoms with E-state index in [1.165, 1.54) is 33.6 Å². The molecule has 7 rings (SSSR count). The molecule has 1 saturated heterocycles. The number of carbonyl (C=O) groups excluding carboxylic acids is 1. The molecule has 0 saturated carbocycles. The average molecular weight is 523 g/mol. The highest BCUT2D eigenvalue weighted by Crippen LogP contribution is 2.43. The summed E-state index contributed by atoms with van der Waals surface area (Å²) in [5.41, 5.74) is 8.58. The van der Waals surface area contributed by atoms with Gasteiger partial charge in [-0.1, -0.05) is 36.4 Å². The average Bonchev–Trinajstić information content (AvgIpc) is 3.72. The van der Waals surface area contributed by atoms with Crippen LogP contribution in [0.15, 0.2) is 60.9 Å². The number of rotatable bonds is 4. The first kappa shape index (κ1) is 24.2. The summed E-state index contributed by atoms with van der Waals surface area (Å²) in [5, 5.41) is 9.70. The lowest BCUT2D eigenvalue weighted by Gasteiger charge is -2.37. The Bertz CT molecular complexity index is 1520. The lowest BCUT2D eigenvalue weighted by molar-refractivity contribution is -0.129. The highest BCUT2D eigenvalue weighted by atomic mass is 16.5. The minimum Gasteiger partial charge on any atom is -0.379 e. The van der Waals surface area contributed by atoms with Crippen molar-refractivity contribution >= 4 is 17.4 Å². The quantitative estimate of drug-likeness (QED) is 0.391. The summed E-state index contributed by atoms with van der Waals surface area (Å²) in [7, 11) is 1.95. The lowest BCUT2D eigenvalue weighted by Crippen LogP contribution is -2.36. The van der Waals surface area contributed by atoms with E-state index in [4.69, 9.17) is 9.84 Å². The monoisotopic (exact) mass is 522 g/mol. The zero-order valence-corrected chi connectivity index (χ0v) is 22.6. The molecule has 3 aliphatic rings. The predicted octanol–water partition coefficient (Wildman–Crippen LogP) is 4.63. The molecule has 8 nitrogen and oxygen atoms in total. The molecule has 8 heteroatoms. The zero-order valence-electron chi connectivity index (χ0n) is 22.6. The van der Waals surface area contributed by atoms with Gasteiger partial charge in [0.2, 0.25) is 5.91 Å². The SMILES string of the molecule is CC(=O)N1CCc2c(c(N3CC(c4ccccc4)Cc4cc(-c5cnn(C)c5)ccc43)nn2[C@@H]2CCOC2)C1. The van der Waals surface area contributed by atoms with E-state index in [2.05, 4.69) is 69.4 Å². The molecule has 0 bridgehead atoms. The Morgan fingerprint density at radius 1 is 1.10 bits per heavy atom. The second-order valence-corrected chi connectivity index (χ2v) is 11.1. The van der Waals surface area contributed by atoms with E-state index in [0.29, 0.717) is 19.1 Å². The first-order valence-corrected chi connectivity index (χ1v) is 13.9. The van der Waals surface area contributed by atoms with Crippen molar-refractivity contribution in [3.8, 4) is 11.1 Å². The summed E-state index contributed by atoms with van der Waals surface area (Å²) in [4.78, 5) is 16.8. The van der Waals surface area contributed by atoms with Crippen LogP contribution in [0, 0.1) is 0 Å². The van der Waals surface area contributed by atoms with Crippen LogP contribution >= 0.6 is 0 Å². The summed E-state index contributed by atoms with van der Waals surface area (Å²) >= 11 is 0. The van der Waals surface area contributed by atoms with E-state index in [0.717, 1.165) is 50.3 Å². The van der Waals surface area contributed by atoms with Crippen LogP contribution in [-0.2, 0) is 36.0 Å². The third-order valence-electron chi connectivity index (χ3n) is 8.57. The molecule has 200 valence electrons. The van der Waals surface area contributed by atoms with Gasteiger partial charge in [0.15, 0.2) is 5.82 Å². The molecule has 0 radical (unpaired) electrons. The summed E-state index contributed by atoms with van der Waals surface area (Å²) in [6, 6.07) is 17.8. The number of hydrogen-bond donors (Lipinski definition) is 0. The second kappa shape index (κ2) is 9.68. The Kier molecular flexibility index (Phi) is 6.00. The molecule has 3 aliphatic heterocycles. The van der Waals surface area contributed by atoms with Crippen molar-refractivity contribution in [3.05, 3.63) is 83.3 Å². The Morgan fingerprint density at radius 2 is 1.97 bits per heavy atom. The van der Waals surface area contributed by atoms with Gasteiger partial charge in [0.1, 0.15) is 0 Å².